The molecule has 7 heteroatoms. The van der Waals surface area contributed by atoms with E-state index in [1.807, 2.05) is 0 Å². The van der Waals surface area contributed by atoms with Gasteiger partial charge in [0, 0.05) is 19.2 Å². The van der Waals surface area contributed by atoms with Crippen molar-refractivity contribution in [3.05, 3.63) is 63.9 Å². The number of nitrogens with one attached hydrogen (secondary N) is 1. The molecule has 0 unspecified atom stereocenters. The van der Waals surface area contributed by atoms with Gasteiger partial charge in [0.15, 0.2) is 0 Å². The van der Waals surface area contributed by atoms with Gasteiger partial charge in [0.25, 0.3) is 0 Å². The molecule has 0 saturated heterocycles. The van der Waals surface area contributed by atoms with Gasteiger partial charge in [-0.3, -0.25) is 9.59 Å². The summed E-state index contributed by atoms with van der Waals surface area (Å²) in [7, 11) is 1.53. The van der Waals surface area contributed by atoms with E-state index in [0.29, 0.717) is 22.2 Å². The first kappa shape index (κ1) is 19.2. The molecular weight excluding hydrogens is 366 g/mol. The molecule has 0 aliphatic rings. The molecule has 2 aromatic carbocycles. The lowest BCUT2D eigenvalue weighted by atomic mass is 10.1. The van der Waals surface area contributed by atoms with Gasteiger partial charge in [0.2, 0.25) is 11.8 Å². The molecule has 1 N–H and O–H groups in total. The van der Waals surface area contributed by atoms with Crippen LogP contribution in [0.1, 0.15) is 12.0 Å². The van der Waals surface area contributed by atoms with E-state index in [-0.39, 0.29) is 18.9 Å². The van der Waals surface area contributed by atoms with Gasteiger partial charge >= 0.3 is 0 Å². The van der Waals surface area contributed by atoms with Crippen molar-refractivity contribution in [2.24, 2.45) is 0 Å². The SMILES string of the molecule is CN(CC(=O)Nc1cccc(F)c1)C(=O)CCc1cccc(Cl)c1Cl. The Morgan fingerprint density at radius 3 is 2.60 bits per heavy atom. The zero-order valence-corrected chi connectivity index (χ0v) is 15.1. The van der Waals surface area contributed by atoms with Crippen LogP contribution in [0, 0.1) is 5.82 Å². The first-order valence-corrected chi connectivity index (χ1v) is 8.34. The van der Waals surface area contributed by atoms with Crippen molar-refractivity contribution in [3.8, 4) is 0 Å². The Morgan fingerprint density at radius 1 is 1.16 bits per heavy atom. The van der Waals surface area contributed by atoms with Gasteiger partial charge in [-0.1, -0.05) is 41.4 Å². The summed E-state index contributed by atoms with van der Waals surface area (Å²) in [4.78, 5) is 25.4. The molecule has 0 heterocycles. The van der Waals surface area contributed by atoms with Crippen molar-refractivity contribution in [1.82, 2.24) is 4.90 Å². The van der Waals surface area contributed by atoms with Gasteiger partial charge in [-0.25, -0.2) is 4.39 Å². The average molecular weight is 383 g/mol. The van der Waals surface area contributed by atoms with E-state index in [1.54, 1.807) is 24.3 Å². The molecule has 0 spiro atoms. The minimum absolute atomic E-state index is 0.126. The summed E-state index contributed by atoms with van der Waals surface area (Å²) in [5.41, 5.74) is 1.12. The molecule has 0 atom stereocenters. The second kappa shape index (κ2) is 8.83. The van der Waals surface area contributed by atoms with Crippen LogP contribution in [0.2, 0.25) is 10.0 Å². The number of benzene rings is 2. The third-order valence-corrected chi connectivity index (χ3v) is 4.41. The van der Waals surface area contributed by atoms with Crippen LogP contribution in [0.25, 0.3) is 0 Å². The number of carbonyl (C=O) groups is 2. The van der Waals surface area contributed by atoms with E-state index in [9.17, 15) is 14.0 Å². The quantitative estimate of drug-likeness (QED) is 0.814. The Kier molecular flexibility index (Phi) is 6.79. The Labute approximate surface area is 155 Å². The monoisotopic (exact) mass is 382 g/mol. The Balaban J connectivity index is 1.85. The van der Waals surface area contributed by atoms with Gasteiger partial charge in [-0.2, -0.15) is 0 Å². The summed E-state index contributed by atoms with van der Waals surface area (Å²) in [6.07, 6.45) is 0.623. The third-order valence-electron chi connectivity index (χ3n) is 3.55. The molecule has 0 aliphatic carbocycles. The molecule has 0 radical (unpaired) electrons. The predicted octanol–water partition coefficient (Wildman–Crippen LogP) is 4.16. The second-order valence-corrected chi connectivity index (χ2v) is 6.31. The number of halogens is 3. The number of amides is 2. The van der Waals surface area contributed by atoms with Crippen LogP contribution in [0.3, 0.4) is 0 Å². The maximum Gasteiger partial charge on any atom is 0.243 e. The van der Waals surface area contributed by atoms with E-state index in [1.165, 1.54) is 30.1 Å². The van der Waals surface area contributed by atoms with Gasteiger partial charge in [-0.05, 0) is 36.2 Å². The first-order chi connectivity index (χ1) is 11.9. The molecular formula is C18H17Cl2FN2O2. The normalized spacial score (nSPS) is 10.4. The molecule has 0 aliphatic heterocycles. The largest absolute Gasteiger partial charge is 0.336 e. The van der Waals surface area contributed by atoms with Crippen LogP contribution in [-0.4, -0.2) is 30.3 Å². The summed E-state index contributed by atoms with van der Waals surface area (Å²) >= 11 is 12.0. The molecule has 0 saturated carbocycles. The number of hydrogen-bond donors (Lipinski definition) is 1. The topological polar surface area (TPSA) is 49.4 Å². The summed E-state index contributed by atoms with van der Waals surface area (Å²) in [5.74, 6) is -1.05. The number of anilines is 1. The zero-order valence-electron chi connectivity index (χ0n) is 13.6. The highest BCUT2D eigenvalue weighted by Crippen LogP contribution is 2.26. The molecule has 4 nitrogen and oxygen atoms in total. The number of carbonyl (C=O) groups excluding carboxylic acids is 2. The molecule has 0 bridgehead atoms. The highest BCUT2D eigenvalue weighted by atomic mass is 35.5. The summed E-state index contributed by atoms with van der Waals surface area (Å²) in [6, 6.07) is 10.8. The van der Waals surface area contributed by atoms with Crippen LogP contribution in [-0.2, 0) is 16.0 Å². The van der Waals surface area contributed by atoms with E-state index in [4.69, 9.17) is 23.2 Å². The molecule has 132 valence electrons. The second-order valence-electron chi connectivity index (χ2n) is 5.52. The Hall–Kier alpha value is -2.11. The maximum absolute atomic E-state index is 13.1. The van der Waals surface area contributed by atoms with Crippen molar-refractivity contribution in [3.63, 3.8) is 0 Å². The minimum atomic E-state index is -0.444. The van der Waals surface area contributed by atoms with Crippen LogP contribution < -0.4 is 5.32 Å². The van der Waals surface area contributed by atoms with Crippen molar-refractivity contribution in [1.29, 1.82) is 0 Å². The zero-order chi connectivity index (χ0) is 18.4. The van der Waals surface area contributed by atoms with E-state index >= 15 is 0 Å². The number of hydrogen-bond acceptors (Lipinski definition) is 2. The molecule has 0 fully saturated rings. The molecule has 25 heavy (non-hydrogen) atoms. The lowest BCUT2D eigenvalue weighted by molar-refractivity contribution is -0.133. The number of aryl methyl sites for hydroxylation is 1. The van der Waals surface area contributed by atoms with Crippen molar-refractivity contribution >= 4 is 40.7 Å². The highest BCUT2D eigenvalue weighted by molar-refractivity contribution is 6.42. The fourth-order valence-electron chi connectivity index (χ4n) is 2.24. The van der Waals surface area contributed by atoms with Gasteiger partial charge in [-0.15, -0.1) is 0 Å². The van der Waals surface area contributed by atoms with Crippen molar-refractivity contribution < 1.29 is 14.0 Å². The van der Waals surface area contributed by atoms with E-state index in [0.717, 1.165) is 5.56 Å². The van der Waals surface area contributed by atoms with Gasteiger partial charge in [0.1, 0.15) is 5.82 Å². The number of nitrogens with zero attached hydrogens (tertiary/aromatic N) is 1. The summed E-state index contributed by atoms with van der Waals surface area (Å²) in [5, 5.41) is 3.42. The minimum Gasteiger partial charge on any atom is -0.336 e. The third kappa shape index (κ3) is 5.73. The predicted molar refractivity (Wildman–Crippen MR) is 97.4 cm³/mol. The summed E-state index contributed by atoms with van der Waals surface area (Å²) < 4.78 is 13.1. The van der Waals surface area contributed by atoms with E-state index < -0.39 is 11.7 Å². The summed E-state index contributed by atoms with van der Waals surface area (Å²) in [6.45, 7) is -0.126. The van der Waals surface area contributed by atoms with Crippen LogP contribution in [0.5, 0.6) is 0 Å². The molecule has 2 rings (SSSR count). The average Bonchev–Trinajstić information content (AvgIpc) is 2.55. The maximum atomic E-state index is 13.1. The lowest BCUT2D eigenvalue weighted by Gasteiger charge is -2.17. The molecule has 0 aromatic heterocycles. The van der Waals surface area contributed by atoms with Gasteiger partial charge in [0.05, 0.1) is 16.6 Å². The molecule has 2 amide bonds. The molecule has 2 aromatic rings. The van der Waals surface area contributed by atoms with Gasteiger partial charge < -0.3 is 10.2 Å². The first-order valence-electron chi connectivity index (χ1n) is 7.59. The fourth-order valence-corrected chi connectivity index (χ4v) is 2.66. The fraction of sp³-hybridized carbons (Fsp3) is 0.222. The van der Waals surface area contributed by atoms with Crippen LogP contribution in [0.4, 0.5) is 10.1 Å². The number of rotatable bonds is 6. The standard InChI is InChI=1S/C18H17Cl2FN2O2/c1-23(11-16(24)22-14-6-3-5-13(21)10-14)17(25)9-8-12-4-2-7-15(19)18(12)20/h2-7,10H,8-9,11H2,1H3,(H,22,24). The number of likely N-dealkylation sites (N-methyl/N-ethyl adjacent to an activating group) is 1. The van der Waals surface area contributed by atoms with Crippen LogP contribution >= 0.6 is 23.2 Å². The van der Waals surface area contributed by atoms with Crippen LogP contribution in [0.15, 0.2) is 42.5 Å². The van der Waals surface area contributed by atoms with Crippen molar-refractivity contribution in [2.45, 2.75) is 12.8 Å². The van der Waals surface area contributed by atoms with Crippen molar-refractivity contribution in [2.75, 3.05) is 18.9 Å². The lowest BCUT2D eigenvalue weighted by Crippen LogP contribution is -2.35. The van der Waals surface area contributed by atoms with E-state index in [2.05, 4.69) is 5.32 Å². The Bertz CT molecular complexity index is 783. The smallest absolute Gasteiger partial charge is 0.243 e. The highest BCUT2D eigenvalue weighted by Gasteiger charge is 2.14. The Morgan fingerprint density at radius 2 is 1.88 bits per heavy atom.